The van der Waals surface area contributed by atoms with Crippen LogP contribution in [-0.2, 0) is 0 Å². The van der Waals surface area contributed by atoms with E-state index in [2.05, 4.69) is 38.6 Å². The van der Waals surface area contributed by atoms with Crippen molar-refractivity contribution in [2.24, 2.45) is 17.3 Å². The molecule has 0 aromatic carbocycles. The predicted molar refractivity (Wildman–Crippen MR) is 68.0 cm³/mol. The van der Waals surface area contributed by atoms with Gasteiger partial charge in [0.2, 0.25) is 5.54 Å². The van der Waals surface area contributed by atoms with Crippen LogP contribution in [0.15, 0.2) is 11.6 Å². The van der Waals surface area contributed by atoms with Crippen LogP contribution in [0, 0.1) is 23.8 Å². The van der Waals surface area contributed by atoms with Crippen molar-refractivity contribution in [3.05, 3.63) is 23.1 Å². The smallest absolute Gasteiger partial charge is 0.227 e. The van der Waals surface area contributed by atoms with Gasteiger partial charge in [-0.3, -0.25) is 0 Å². The average molecular weight is 217 g/mol. The fourth-order valence-corrected chi connectivity index (χ4v) is 3.26. The summed E-state index contributed by atoms with van der Waals surface area (Å²) in [7, 11) is 0. The lowest BCUT2D eigenvalue weighted by Gasteiger charge is -2.56. The van der Waals surface area contributed by atoms with Crippen LogP contribution in [0.1, 0.15) is 53.4 Å². The van der Waals surface area contributed by atoms with Crippen LogP contribution in [0.2, 0.25) is 0 Å². The number of nitrogens with zero attached hydrogens (tertiary/aromatic N) is 1. The molecule has 0 heterocycles. The van der Waals surface area contributed by atoms with Crippen LogP contribution in [0.25, 0.3) is 4.85 Å². The number of allylic oxidation sites excluding steroid dienone is 2. The van der Waals surface area contributed by atoms with Crippen LogP contribution < -0.4 is 0 Å². The quantitative estimate of drug-likeness (QED) is 0.485. The molecule has 0 spiro atoms. The Kier molecular flexibility index (Phi) is 2.65. The fraction of sp³-hybridized carbons (Fsp3) is 0.800. The minimum absolute atomic E-state index is 0.175. The van der Waals surface area contributed by atoms with Gasteiger partial charge in [0, 0.05) is 20.3 Å². The molecule has 0 aromatic heterocycles. The maximum atomic E-state index is 7.17. The molecule has 88 valence electrons. The van der Waals surface area contributed by atoms with Gasteiger partial charge < -0.3 is 4.85 Å². The Labute approximate surface area is 99.7 Å². The van der Waals surface area contributed by atoms with E-state index in [9.17, 15) is 0 Å². The van der Waals surface area contributed by atoms with Crippen molar-refractivity contribution in [2.45, 2.75) is 58.9 Å². The Morgan fingerprint density at radius 3 is 2.69 bits per heavy atom. The van der Waals surface area contributed by atoms with Crippen LogP contribution in [0.3, 0.4) is 0 Å². The zero-order valence-corrected chi connectivity index (χ0v) is 11.0. The number of fused-ring (bicyclic) bond motifs is 1. The van der Waals surface area contributed by atoms with E-state index < -0.39 is 0 Å². The average Bonchev–Trinajstić information content (AvgIpc) is 2.26. The van der Waals surface area contributed by atoms with Gasteiger partial charge in [-0.15, -0.1) is 0 Å². The summed E-state index contributed by atoms with van der Waals surface area (Å²) in [5.41, 5.74) is 2.00. The Bertz CT molecular complexity index is 354. The molecule has 1 heteroatoms. The second-order valence-corrected chi connectivity index (χ2v) is 6.75. The third-order valence-corrected chi connectivity index (χ3v) is 4.91. The molecule has 0 N–H and O–H groups in total. The van der Waals surface area contributed by atoms with Crippen LogP contribution >= 0.6 is 0 Å². The van der Waals surface area contributed by atoms with E-state index >= 15 is 0 Å². The molecule has 1 fully saturated rings. The summed E-state index contributed by atoms with van der Waals surface area (Å²) < 4.78 is 0. The van der Waals surface area contributed by atoms with E-state index in [0.717, 1.165) is 24.7 Å². The number of rotatable bonds is 3. The predicted octanol–water partition coefficient (Wildman–Crippen LogP) is 4.46. The molecule has 0 amide bonds. The molecular formula is C15H23N. The minimum Gasteiger partial charge on any atom is -0.311 e. The van der Waals surface area contributed by atoms with Crippen molar-refractivity contribution in [2.75, 3.05) is 0 Å². The second-order valence-electron chi connectivity index (χ2n) is 6.75. The van der Waals surface area contributed by atoms with Gasteiger partial charge in [-0.25, -0.2) is 6.57 Å². The SMILES string of the molecule is [C-]#[N+]C(C)(C)CCC1=CC[C@@H]2C[C@H]1C2(C)C. The summed E-state index contributed by atoms with van der Waals surface area (Å²) in [5.74, 6) is 1.74. The highest BCUT2D eigenvalue weighted by Crippen LogP contribution is 2.60. The lowest BCUT2D eigenvalue weighted by atomic mass is 9.48. The third-order valence-electron chi connectivity index (χ3n) is 4.91. The highest BCUT2D eigenvalue weighted by atomic mass is 14.8. The van der Waals surface area contributed by atoms with E-state index in [-0.39, 0.29) is 5.54 Å². The molecule has 3 aliphatic rings. The van der Waals surface area contributed by atoms with Gasteiger partial charge in [-0.05, 0) is 36.5 Å². The largest absolute Gasteiger partial charge is 0.311 e. The number of hydrogen-bond acceptors (Lipinski definition) is 0. The zero-order chi connectivity index (χ0) is 12.0. The lowest BCUT2D eigenvalue weighted by molar-refractivity contribution is -0.00861. The van der Waals surface area contributed by atoms with Crippen LogP contribution in [0.5, 0.6) is 0 Å². The first-order valence-electron chi connectivity index (χ1n) is 6.44. The minimum atomic E-state index is -0.175. The summed E-state index contributed by atoms with van der Waals surface area (Å²) in [6.45, 7) is 16.1. The Balaban J connectivity index is 1.98. The van der Waals surface area contributed by atoms with Crippen LogP contribution in [-0.4, -0.2) is 5.54 Å². The topological polar surface area (TPSA) is 4.36 Å². The molecule has 0 radical (unpaired) electrons. The van der Waals surface area contributed by atoms with E-state index in [0.29, 0.717) is 5.41 Å². The van der Waals surface area contributed by atoms with Gasteiger partial charge in [-0.2, -0.15) is 0 Å². The molecular weight excluding hydrogens is 194 g/mol. The monoisotopic (exact) mass is 217 g/mol. The summed E-state index contributed by atoms with van der Waals surface area (Å²) >= 11 is 0. The van der Waals surface area contributed by atoms with E-state index in [1.807, 2.05) is 0 Å². The summed E-state index contributed by atoms with van der Waals surface area (Å²) in [5, 5.41) is 0. The highest BCUT2D eigenvalue weighted by molar-refractivity contribution is 5.23. The van der Waals surface area contributed by atoms with Gasteiger partial charge in [-0.1, -0.05) is 25.5 Å². The zero-order valence-electron chi connectivity index (χ0n) is 11.0. The van der Waals surface area contributed by atoms with Crippen molar-refractivity contribution in [3.63, 3.8) is 0 Å². The fourth-order valence-electron chi connectivity index (χ4n) is 3.26. The van der Waals surface area contributed by atoms with Gasteiger partial charge >= 0.3 is 0 Å². The normalized spacial score (nSPS) is 31.3. The van der Waals surface area contributed by atoms with E-state index in [1.54, 1.807) is 5.57 Å². The Hall–Kier alpha value is -0.770. The Morgan fingerprint density at radius 2 is 2.19 bits per heavy atom. The Morgan fingerprint density at radius 1 is 1.50 bits per heavy atom. The van der Waals surface area contributed by atoms with E-state index in [4.69, 9.17) is 6.57 Å². The van der Waals surface area contributed by atoms with Crippen molar-refractivity contribution in [3.8, 4) is 0 Å². The van der Waals surface area contributed by atoms with Gasteiger partial charge in [0.1, 0.15) is 0 Å². The summed E-state index contributed by atoms with van der Waals surface area (Å²) in [6, 6.07) is 0. The molecule has 1 saturated carbocycles. The van der Waals surface area contributed by atoms with Crippen molar-refractivity contribution >= 4 is 0 Å². The summed E-state index contributed by atoms with van der Waals surface area (Å²) in [6.07, 6.45) is 7.29. The van der Waals surface area contributed by atoms with Gasteiger partial charge in [0.25, 0.3) is 0 Å². The first-order chi connectivity index (χ1) is 7.37. The summed E-state index contributed by atoms with van der Waals surface area (Å²) in [4.78, 5) is 3.70. The molecule has 0 aromatic rings. The molecule has 3 aliphatic carbocycles. The first-order valence-corrected chi connectivity index (χ1v) is 6.44. The molecule has 2 bridgehead atoms. The maximum Gasteiger partial charge on any atom is 0.227 e. The molecule has 0 saturated heterocycles. The third kappa shape index (κ3) is 1.79. The first kappa shape index (κ1) is 11.7. The molecule has 0 unspecified atom stereocenters. The van der Waals surface area contributed by atoms with E-state index in [1.165, 1.54) is 12.8 Å². The van der Waals surface area contributed by atoms with Gasteiger partial charge in [0.15, 0.2) is 0 Å². The molecule has 16 heavy (non-hydrogen) atoms. The molecule has 3 rings (SSSR count). The standard InChI is InChI=1S/C15H23N/c1-14(2,16-5)9-8-11-6-7-12-10-13(11)15(12,3)4/h6,12-13H,7-10H2,1-4H3/t12-,13-/m1/s1. The maximum absolute atomic E-state index is 7.17. The molecule has 0 aliphatic heterocycles. The van der Waals surface area contributed by atoms with Gasteiger partial charge in [0.05, 0.1) is 0 Å². The van der Waals surface area contributed by atoms with Crippen molar-refractivity contribution in [1.82, 2.24) is 0 Å². The highest BCUT2D eigenvalue weighted by Gasteiger charge is 2.50. The number of hydrogen-bond donors (Lipinski definition) is 0. The lowest BCUT2D eigenvalue weighted by Crippen LogP contribution is -2.48. The van der Waals surface area contributed by atoms with Crippen LogP contribution in [0.4, 0.5) is 0 Å². The molecule has 2 atom stereocenters. The van der Waals surface area contributed by atoms with Crippen molar-refractivity contribution in [1.29, 1.82) is 0 Å². The van der Waals surface area contributed by atoms with Crippen molar-refractivity contribution < 1.29 is 0 Å². The molecule has 1 nitrogen and oxygen atoms in total. The second kappa shape index (κ2) is 3.62.